The number of nitrogens with one attached hydrogen (secondary N) is 2. The van der Waals surface area contributed by atoms with Gasteiger partial charge in [0.1, 0.15) is 5.75 Å². The average molecular weight is 432 g/mol. The zero-order valence-electron chi connectivity index (χ0n) is 17.9. The van der Waals surface area contributed by atoms with Gasteiger partial charge in [-0.3, -0.25) is 14.9 Å². The molecule has 0 saturated heterocycles. The van der Waals surface area contributed by atoms with Gasteiger partial charge in [0.25, 0.3) is 11.8 Å². The summed E-state index contributed by atoms with van der Waals surface area (Å²) < 4.78 is 21.9. The molecule has 162 valence electrons. The van der Waals surface area contributed by atoms with Gasteiger partial charge in [-0.2, -0.15) is 0 Å². The van der Waals surface area contributed by atoms with E-state index >= 15 is 0 Å². The average Bonchev–Trinajstić information content (AvgIpc) is 3.33. The van der Waals surface area contributed by atoms with E-state index in [2.05, 4.69) is 10.3 Å². The minimum atomic E-state index is -0.433. The highest BCUT2D eigenvalue weighted by Crippen LogP contribution is 2.45. The Kier molecular flexibility index (Phi) is 4.44. The van der Waals surface area contributed by atoms with Gasteiger partial charge in [0, 0.05) is 16.3 Å². The van der Waals surface area contributed by atoms with Crippen molar-refractivity contribution < 1.29 is 28.5 Å². The number of aromatic nitrogens is 1. The fraction of sp³-hybridized carbons (Fsp3) is 0.167. The van der Waals surface area contributed by atoms with Crippen molar-refractivity contribution in [2.45, 2.75) is 0 Å². The Morgan fingerprint density at radius 1 is 0.750 bits per heavy atom. The molecule has 8 nitrogen and oxygen atoms in total. The maximum Gasteiger partial charge on any atom is 0.261 e. The molecule has 0 radical (unpaired) electrons. The van der Waals surface area contributed by atoms with Crippen molar-refractivity contribution >= 4 is 33.6 Å². The summed E-state index contributed by atoms with van der Waals surface area (Å²) in [6.07, 6.45) is 0. The summed E-state index contributed by atoms with van der Waals surface area (Å²) in [4.78, 5) is 28.4. The Bertz CT molecular complexity index is 1410. The standard InChI is InChI=1S/C24H20N2O6/c1-29-12-5-6-16-14(9-12)19-13(10-15-20(21(19)25-16)24(28)26-23(15)27)11-7-17(30-2)22(32-4)18(8-11)31-3/h5-10,25H,1-4H3,(H,26,27,28). The minimum Gasteiger partial charge on any atom is -0.497 e. The maximum atomic E-state index is 12.6. The first kappa shape index (κ1) is 19.7. The lowest BCUT2D eigenvalue weighted by Gasteiger charge is -2.15. The van der Waals surface area contributed by atoms with Crippen molar-refractivity contribution in [3.63, 3.8) is 0 Å². The van der Waals surface area contributed by atoms with E-state index in [1.807, 2.05) is 30.3 Å². The summed E-state index contributed by atoms with van der Waals surface area (Å²) in [5.41, 5.74) is 3.51. The second-order valence-electron chi connectivity index (χ2n) is 7.33. The van der Waals surface area contributed by atoms with Crippen LogP contribution in [0.3, 0.4) is 0 Å². The van der Waals surface area contributed by atoms with E-state index in [9.17, 15) is 9.59 Å². The van der Waals surface area contributed by atoms with Gasteiger partial charge < -0.3 is 23.9 Å². The van der Waals surface area contributed by atoms with E-state index in [1.165, 1.54) is 7.11 Å². The first-order chi connectivity index (χ1) is 15.5. The quantitative estimate of drug-likeness (QED) is 0.464. The van der Waals surface area contributed by atoms with Gasteiger partial charge in [-0.1, -0.05) is 0 Å². The van der Waals surface area contributed by atoms with Gasteiger partial charge >= 0.3 is 0 Å². The number of imide groups is 1. The number of rotatable bonds is 5. The van der Waals surface area contributed by atoms with Crippen LogP contribution in [0.2, 0.25) is 0 Å². The number of benzene rings is 3. The van der Waals surface area contributed by atoms with Gasteiger partial charge in [0.05, 0.1) is 45.1 Å². The number of fused-ring (bicyclic) bond motifs is 5. The molecule has 4 aromatic rings. The molecule has 0 fully saturated rings. The number of aromatic amines is 1. The molecule has 2 N–H and O–H groups in total. The zero-order valence-corrected chi connectivity index (χ0v) is 17.9. The fourth-order valence-electron chi connectivity index (χ4n) is 4.30. The smallest absolute Gasteiger partial charge is 0.261 e. The second-order valence-corrected chi connectivity index (χ2v) is 7.33. The van der Waals surface area contributed by atoms with Crippen molar-refractivity contribution in [2.75, 3.05) is 28.4 Å². The highest BCUT2D eigenvalue weighted by molar-refractivity contribution is 6.30. The third-order valence-electron chi connectivity index (χ3n) is 5.76. The molecule has 0 saturated carbocycles. The first-order valence-electron chi connectivity index (χ1n) is 9.83. The molecule has 2 heterocycles. The zero-order chi connectivity index (χ0) is 22.6. The van der Waals surface area contributed by atoms with Crippen molar-refractivity contribution in [2.24, 2.45) is 0 Å². The number of hydrogen-bond donors (Lipinski definition) is 2. The van der Waals surface area contributed by atoms with Gasteiger partial charge in [-0.05, 0) is 47.5 Å². The molecule has 0 unspecified atom stereocenters. The van der Waals surface area contributed by atoms with E-state index in [0.717, 1.165) is 27.4 Å². The van der Waals surface area contributed by atoms with E-state index in [4.69, 9.17) is 18.9 Å². The third kappa shape index (κ3) is 2.69. The molecular formula is C24H20N2O6. The highest BCUT2D eigenvalue weighted by atomic mass is 16.5. The molecule has 32 heavy (non-hydrogen) atoms. The Morgan fingerprint density at radius 2 is 1.47 bits per heavy atom. The van der Waals surface area contributed by atoms with Crippen LogP contribution >= 0.6 is 0 Å². The molecule has 5 rings (SSSR count). The predicted octanol–water partition coefficient (Wildman–Crippen LogP) is 3.91. The molecule has 1 aliphatic heterocycles. The van der Waals surface area contributed by atoms with Crippen LogP contribution in [-0.4, -0.2) is 45.2 Å². The van der Waals surface area contributed by atoms with Crippen LogP contribution < -0.4 is 24.3 Å². The molecule has 3 aromatic carbocycles. The molecule has 8 heteroatoms. The predicted molar refractivity (Wildman–Crippen MR) is 119 cm³/mol. The molecule has 2 amide bonds. The second kappa shape index (κ2) is 7.19. The van der Waals surface area contributed by atoms with Crippen LogP contribution in [0.15, 0.2) is 36.4 Å². The topological polar surface area (TPSA) is 98.9 Å². The van der Waals surface area contributed by atoms with Crippen LogP contribution in [0.5, 0.6) is 23.0 Å². The summed E-state index contributed by atoms with van der Waals surface area (Å²) in [5, 5.41) is 4.04. The lowest BCUT2D eigenvalue weighted by atomic mass is 9.93. The van der Waals surface area contributed by atoms with Crippen molar-refractivity contribution in [1.29, 1.82) is 0 Å². The fourth-order valence-corrected chi connectivity index (χ4v) is 4.30. The van der Waals surface area contributed by atoms with Crippen LogP contribution in [0.1, 0.15) is 20.7 Å². The number of hydrogen-bond acceptors (Lipinski definition) is 6. The van der Waals surface area contributed by atoms with Crippen molar-refractivity contribution in [1.82, 2.24) is 10.3 Å². The van der Waals surface area contributed by atoms with Crippen LogP contribution in [0, 0.1) is 0 Å². The van der Waals surface area contributed by atoms with E-state index in [-0.39, 0.29) is 0 Å². The molecule has 0 bridgehead atoms. The third-order valence-corrected chi connectivity index (χ3v) is 5.76. The van der Waals surface area contributed by atoms with Gasteiger partial charge in [0.15, 0.2) is 11.5 Å². The van der Waals surface area contributed by atoms with Crippen LogP contribution in [-0.2, 0) is 0 Å². The normalized spacial score (nSPS) is 12.8. The Balaban J connectivity index is 1.94. The van der Waals surface area contributed by atoms with E-state index in [1.54, 1.807) is 27.4 Å². The summed E-state index contributed by atoms with van der Waals surface area (Å²) in [6.45, 7) is 0. The molecule has 1 aliphatic rings. The molecular weight excluding hydrogens is 412 g/mol. The summed E-state index contributed by atoms with van der Waals surface area (Å²) in [7, 11) is 6.22. The van der Waals surface area contributed by atoms with Crippen molar-refractivity contribution in [3.05, 3.63) is 47.5 Å². The number of H-pyrrole nitrogens is 1. The van der Waals surface area contributed by atoms with Crippen LogP contribution in [0.4, 0.5) is 0 Å². The molecule has 0 spiro atoms. The Hall–Kier alpha value is -4.20. The maximum absolute atomic E-state index is 12.6. The number of ether oxygens (including phenoxy) is 4. The summed E-state index contributed by atoms with van der Waals surface area (Å²) in [6, 6.07) is 11.0. The Labute approximate surface area is 183 Å². The SMILES string of the molecule is COc1ccc2[nH]c3c4c(cc(-c5cc(OC)c(OC)c(OC)c5)c3c2c1)C(=O)NC4=O. The number of amides is 2. The lowest BCUT2D eigenvalue weighted by molar-refractivity contribution is 0.0880. The molecule has 0 atom stereocenters. The number of methoxy groups -OCH3 is 4. The van der Waals surface area contributed by atoms with E-state index in [0.29, 0.717) is 39.6 Å². The van der Waals surface area contributed by atoms with Crippen LogP contribution in [0.25, 0.3) is 32.9 Å². The molecule has 0 aliphatic carbocycles. The highest BCUT2D eigenvalue weighted by Gasteiger charge is 2.32. The van der Waals surface area contributed by atoms with E-state index < -0.39 is 11.8 Å². The van der Waals surface area contributed by atoms with Gasteiger partial charge in [-0.15, -0.1) is 0 Å². The van der Waals surface area contributed by atoms with Gasteiger partial charge in [-0.25, -0.2) is 0 Å². The molecule has 1 aromatic heterocycles. The minimum absolute atomic E-state index is 0.310. The summed E-state index contributed by atoms with van der Waals surface area (Å²) >= 11 is 0. The van der Waals surface area contributed by atoms with Gasteiger partial charge in [0.2, 0.25) is 5.75 Å². The summed E-state index contributed by atoms with van der Waals surface area (Å²) in [5.74, 6) is 1.24. The number of carbonyl (C=O) groups excluding carboxylic acids is 2. The first-order valence-corrected chi connectivity index (χ1v) is 9.83. The van der Waals surface area contributed by atoms with Crippen molar-refractivity contribution in [3.8, 4) is 34.1 Å². The monoisotopic (exact) mass is 432 g/mol. The number of carbonyl (C=O) groups is 2. The largest absolute Gasteiger partial charge is 0.497 e. The lowest BCUT2D eigenvalue weighted by Crippen LogP contribution is -2.20. The Morgan fingerprint density at radius 3 is 2.09 bits per heavy atom.